The number of quaternary nitrogens is 1. The van der Waals surface area contributed by atoms with Gasteiger partial charge in [0, 0.05) is 23.1 Å². The largest absolute Gasteiger partial charge is 0.386 e. The van der Waals surface area contributed by atoms with E-state index in [1.54, 1.807) is 0 Å². The van der Waals surface area contributed by atoms with Gasteiger partial charge in [-0.1, -0.05) is 28.9 Å². The molecule has 0 bridgehead atoms. The Hall–Kier alpha value is -1.98. The van der Waals surface area contributed by atoms with Crippen LogP contribution in [0.15, 0.2) is 47.6 Å². The third-order valence-corrected chi connectivity index (χ3v) is 3.97. The van der Waals surface area contributed by atoms with Crippen LogP contribution < -0.4 is 5.32 Å². The standard InChI is InChI=1S/C17H15ClF2N2O/c18-13-4-1-11(2-5-13)17-8-15(23-22-17)10-21-9-12-3-6-14(19)7-16(12)20/h1-7,15,21H,8-10H2/p+1/t15-/m0/s1. The summed E-state index contributed by atoms with van der Waals surface area (Å²) in [7, 11) is 0. The lowest BCUT2D eigenvalue weighted by Gasteiger charge is -2.07. The number of hydrogen-bond donors (Lipinski definition) is 1. The molecule has 1 heterocycles. The quantitative estimate of drug-likeness (QED) is 0.895. The highest BCUT2D eigenvalue weighted by Gasteiger charge is 2.23. The Balaban J connectivity index is 1.49. The zero-order chi connectivity index (χ0) is 16.2. The molecule has 0 aliphatic carbocycles. The van der Waals surface area contributed by atoms with Gasteiger partial charge in [0.05, 0.1) is 5.71 Å². The van der Waals surface area contributed by atoms with Crippen molar-refractivity contribution in [2.45, 2.75) is 19.1 Å². The van der Waals surface area contributed by atoms with Gasteiger partial charge >= 0.3 is 0 Å². The first-order valence-corrected chi connectivity index (χ1v) is 7.74. The molecular weight excluding hydrogens is 322 g/mol. The second-order valence-corrected chi connectivity index (χ2v) is 5.88. The first kappa shape index (κ1) is 15.9. The maximum atomic E-state index is 13.5. The van der Waals surface area contributed by atoms with Gasteiger partial charge in [0.1, 0.15) is 24.7 Å². The second kappa shape index (κ2) is 7.06. The van der Waals surface area contributed by atoms with Crippen molar-refractivity contribution in [1.82, 2.24) is 0 Å². The molecule has 0 spiro atoms. The van der Waals surface area contributed by atoms with Crippen molar-refractivity contribution in [3.63, 3.8) is 0 Å². The van der Waals surface area contributed by atoms with Crippen molar-refractivity contribution in [2.24, 2.45) is 5.16 Å². The lowest BCUT2D eigenvalue weighted by Crippen LogP contribution is -2.84. The predicted molar refractivity (Wildman–Crippen MR) is 84.3 cm³/mol. The molecule has 0 amide bonds. The zero-order valence-electron chi connectivity index (χ0n) is 12.3. The van der Waals surface area contributed by atoms with Gasteiger partial charge in [0.15, 0.2) is 6.10 Å². The Bertz CT molecular complexity index is 719. The number of nitrogens with two attached hydrogens (primary N) is 1. The first-order chi connectivity index (χ1) is 11.1. The summed E-state index contributed by atoms with van der Waals surface area (Å²) in [6.45, 7) is 1.08. The Morgan fingerprint density at radius 2 is 1.96 bits per heavy atom. The molecule has 23 heavy (non-hydrogen) atoms. The van der Waals surface area contributed by atoms with Gasteiger partial charge in [-0.15, -0.1) is 0 Å². The average molecular weight is 338 g/mol. The van der Waals surface area contributed by atoms with Crippen LogP contribution in [0, 0.1) is 11.6 Å². The summed E-state index contributed by atoms with van der Waals surface area (Å²) in [5.41, 5.74) is 2.35. The summed E-state index contributed by atoms with van der Waals surface area (Å²) >= 11 is 5.87. The fourth-order valence-corrected chi connectivity index (χ4v) is 2.61. The molecule has 2 aromatic carbocycles. The maximum absolute atomic E-state index is 13.5. The summed E-state index contributed by atoms with van der Waals surface area (Å²) < 4.78 is 26.4. The first-order valence-electron chi connectivity index (χ1n) is 7.36. The highest BCUT2D eigenvalue weighted by Crippen LogP contribution is 2.18. The SMILES string of the molecule is Fc1ccc(C[NH2+]C[C@@H]2CC(c3ccc(Cl)cc3)=NO2)c(F)c1. The van der Waals surface area contributed by atoms with Crippen LogP contribution in [-0.2, 0) is 11.4 Å². The summed E-state index contributed by atoms with van der Waals surface area (Å²) in [6, 6.07) is 11.1. The molecule has 0 radical (unpaired) electrons. The van der Waals surface area contributed by atoms with Crippen LogP contribution in [0.3, 0.4) is 0 Å². The van der Waals surface area contributed by atoms with Crippen molar-refractivity contribution in [1.29, 1.82) is 0 Å². The summed E-state index contributed by atoms with van der Waals surface area (Å²) in [6.07, 6.45) is 0.647. The van der Waals surface area contributed by atoms with Crippen molar-refractivity contribution in [3.8, 4) is 0 Å². The Morgan fingerprint density at radius 1 is 1.17 bits per heavy atom. The van der Waals surface area contributed by atoms with E-state index in [9.17, 15) is 8.78 Å². The Labute approximate surface area is 137 Å². The van der Waals surface area contributed by atoms with Crippen LogP contribution in [0.25, 0.3) is 0 Å². The topological polar surface area (TPSA) is 38.2 Å². The molecule has 3 nitrogen and oxygen atoms in total. The fourth-order valence-electron chi connectivity index (χ4n) is 2.48. The zero-order valence-corrected chi connectivity index (χ0v) is 13.1. The number of oxime groups is 1. The minimum Gasteiger partial charge on any atom is -0.386 e. The van der Waals surface area contributed by atoms with E-state index >= 15 is 0 Å². The van der Waals surface area contributed by atoms with E-state index in [0.717, 1.165) is 17.3 Å². The molecule has 120 valence electrons. The van der Waals surface area contributed by atoms with Crippen molar-refractivity contribution < 1.29 is 18.9 Å². The third kappa shape index (κ3) is 4.06. The van der Waals surface area contributed by atoms with Crippen LogP contribution in [0.2, 0.25) is 5.02 Å². The lowest BCUT2D eigenvalue weighted by atomic mass is 10.1. The van der Waals surface area contributed by atoms with E-state index in [0.29, 0.717) is 30.1 Å². The Kier molecular flexibility index (Phi) is 4.88. The van der Waals surface area contributed by atoms with E-state index in [2.05, 4.69) is 5.16 Å². The van der Waals surface area contributed by atoms with E-state index in [-0.39, 0.29) is 6.10 Å². The smallest absolute Gasteiger partial charge is 0.181 e. The highest BCUT2D eigenvalue weighted by atomic mass is 35.5. The minimum atomic E-state index is -0.564. The van der Waals surface area contributed by atoms with E-state index in [1.807, 2.05) is 29.6 Å². The van der Waals surface area contributed by atoms with Gasteiger partial charge in [0.2, 0.25) is 0 Å². The third-order valence-electron chi connectivity index (χ3n) is 3.72. The average Bonchev–Trinajstić information content (AvgIpc) is 2.99. The highest BCUT2D eigenvalue weighted by molar-refractivity contribution is 6.30. The second-order valence-electron chi connectivity index (χ2n) is 5.44. The normalized spacial score (nSPS) is 17.0. The summed E-state index contributed by atoms with van der Waals surface area (Å²) in [4.78, 5) is 5.41. The monoisotopic (exact) mass is 337 g/mol. The number of hydrogen-bond acceptors (Lipinski definition) is 2. The van der Waals surface area contributed by atoms with Crippen LogP contribution >= 0.6 is 11.6 Å². The molecule has 1 atom stereocenters. The van der Waals surface area contributed by atoms with Crippen LogP contribution in [0.1, 0.15) is 17.5 Å². The minimum absolute atomic E-state index is 0.0517. The van der Waals surface area contributed by atoms with Crippen LogP contribution in [0.4, 0.5) is 8.78 Å². The van der Waals surface area contributed by atoms with Gasteiger partial charge < -0.3 is 10.2 Å². The lowest BCUT2D eigenvalue weighted by molar-refractivity contribution is -0.676. The molecule has 3 rings (SSSR count). The van der Waals surface area contributed by atoms with Gasteiger partial charge in [-0.3, -0.25) is 0 Å². The van der Waals surface area contributed by atoms with Gasteiger partial charge in [-0.05, 0) is 29.8 Å². The predicted octanol–water partition coefficient (Wildman–Crippen LogP) is 2.87. The van der Waals surface area contributed by atoms with Crippen molar-refractivity contribution in [2.75, 3.05) is 6.54 Å². The van der Waals surface area contributed by atoms with E-state index < -0.39 is 11.6 Å². The molecule has 1 aliphatic heterocycles. The van der Waals surface area contributed by atoms with Crippen LogP contribution in [-0.4, -0.2) is 18.4 Å². The van der Waals surface area contributed by atoms with Gasteiger partial charge in [0.25, 0.3) is 0 Å². The van der Waals surface area contributed by atoms with Gasteiger partial charge in [-0.2, -0.15) is 0 Å². The van der Waals surface area contributed by atoms with Gasteiger partial charge in [-0.25, -0.2) is 8.78 Å². The van der Waals surface area contributed by atoms with E-state index in [4.69, 9.17) is 16.4 Å². The maximum Gasteiger partial charge on any atom is 0.181 e. The Morgan fingerprint density at radius 3 is 2.70 bits per heavy atom. The summed E-state index contributed by atoms with van der Waals surface area (Å²) in [5, 5.41) is 6.71. The number of rotatable bonds is 5. The summed E-state index contributed by atoms with van der Waals surface area (Å²) in [5.74, 6) is -1.09. The molecule has 6 heteroatoms. The van der Waals surface area contributed by atoms with Crippen molar-refractivity contribution in [3.05, 3.63) is 70.2 Å². The number of halogens is 3. The molecule has 0 saturated carbocycles. The fraction of sp³-hybridized carbons (Fsp3) is 0.235. The molecule has 0 saturated heterocycles. The number of nitrogens with zero attached hydrogens (tertiary/aromatic N) is 1. The molecule has 1 aliphatic rings. The molecule has 2 N–H and O–H groups in total. The molecule has 0 aromatic heterocycles. The van der Waals surface area contributed by atoms with E-state index in [1.165, 1.54) is 12.1 Å². The number of benzene rings is 2. The van der Waals surface area contributed by atoms with Crippen LogP contribution in [0.5, 0.6) is 0 Å². The van der Waals surface area contributed by atoms with Crippen molar-refractivity contribution >= 4 is 17.3 Å². The molecule has 2 aromatic rings. The molecule has 0 fully saturated rings. The molecule has 0 unspecified atom stereocenters. The molecular formula is C17H16ClF2N2O+.